The molecule has 0 radical (unpaired) electrons. The van der Waals surface area contributed by atoms with Crippen molar-refractivity contribution in [3.63, 3.8) is 0 Å². The largest absolute Gasteiger partial charge is 0.481 e. The van der Waals surface area contributed by atoms with Crippen molar-refractivity contribution in [3.05, 3.63) is 64.7 Å². The van der Waals surface area contributed by atoms with E-state index in [9.17, 15) is 4.79 Å². The van der Waals surface area contributed by atoms with Gasteiger partial charge in [0.25, 0.3) is 5.91 Å². The topological polar surface area (TPSA) is 38.3 Å². The van der Waals surface area contributed by atoms with Gasteiger partial charge < -0.3 is 10.1 Å². The highest BCUT2D eigenvalue weighted by Crippen LogP contribution is 2.21. The Morgan fingerprint density at radius 1 is 1.16 bits per heavy atom. The second-order valence-corrected chi connectivity index (χ2v) is 7.17. The molecule has 2 aromatic carbocycles. The summed E-state index contributed by atoms with van der Waals surface area (Å²) >= 11 is 7.88. The van der Waals surface area contributed by atoms with Gasteiger partial charge in [-0.2, -0.15) is 11.8 Å². The van der Waals surface area contributed by atoms with Gasteiger partial charge in [-0.25, -0.2) is 0 Å². The van der Waals surface area contributed by atoms with Crippen molar-refractivity contribution >= 4 is 29.3 Å². The lowest BCUT2D eigenvalue weighted by Crippen LogP contribution is -2.37. The molecule has 2 rings (SSSR count). The molecule has 0 saturated heterocycles. The predicted octanol–water partition coefficient (Wildman–Crippen LogP) is 4.72. The maximum Gasteiger partial charge on any atom is 0.260 e. The van der Waals surface area contributed by atoms with Crippen molar-refractivity contribution < 1.29 is 9.53 Å². The number of amides is 1. The van der Waals surface area contributed by atoms with Gasteiger partial charge >= 0.3 is 0 Å². The second kappa shape index (κ2) is 10.4. The molecule has 0 aliphatic heterocycles. The minimum absolute atomic E-state index is 0.0933. The number of carbonyl (C=O) groups is 1. The normalized spacial score (nSPS) is 11.8. The Hall–Kier alpha value is -1.65. The molecule has 2 aromatic rings. The molecule has 25 heavy (non-hydrogen) atoms. The molecule has 0 fully saturated rings. The van der Waals surface area contributed by atoms with Crippen LogP contribution in [0.25, 0.3) is 0 Å². The summed E-state index contributed by atoms with van der Waals surface area (Å²) in [5.41, 5.74) is 2.23. The summed E-state index contributed by atoms with van der Waals surface area (Å²) in [6, 6.07) is 15.7. The smallest absolute Gasteiger partial charge is 0.260 e. The van der Waals surface area contributed by atoms with Crippen molar-refractivity contribution in [2.45, 2.75) is 32.1 Å². The summed E-state index contributed by atoms with van der Waals surface area (Å²) in [6.45, 7) is 4.46. The van der Waals surface area contributed by atoms with E-state index in [4.69, 9.17) is 16.3 Å². The van der Waals surface area contributed by atoms with Crippen LogP contribution in [0.5, 0.6) is 5.75 Å². The first kappa shape index (κ1) is 19.7. The van der Waals surface area contributed by atoms with Crippen LogP contribution in [0.1, 0.15) is 25.0 Å². The van der Waals surface area contributed by atoms with Gasteiger partial charge in [-0.15, -0.1) is 0 Å². The lowest BCUT2D eigenvalue weighted by molar-refractivity contribution is -0.127. The van der Waals surface area contributed by atoms with E-state index < -0.39 is 6.10 Å². The van der Waals surface area contributed by atoms with E-state index in [2.05, 4.69) is 12.2 Å². The van der Waals surface area contributed by atoms with E-state index in [-0.39, 0.29) is 5.91 Å². The van der Waals surface area contributed by atoms with E-state index in [0.717, 1.165) is 39.8 Å². The van der Waals surface area contributed by atoms with Crippen molar-refractivity contribution in [2.75, 3.05) is 12.3 Å². The monoisotopic (exact) mass is 377 g/mol. The third-order valence-corrected chi connectivity index (χ3v) is 5.16. The highest BCUT2D eigenvalue weighted by atomic mass is 35.5. The molecule has 0 aliphatic carbocycles. The first-order valence-electron chi connectivity index (χ1n) is 8.45. The first-order valence-corrected chi connectivity index (χ1v) is 9.98. The summed E-state index contributed by atoms with van der Waals surface area (Å²) in [5.74, 6) is 2.35. The fourth-order valence-corrected chi connectivity index (χ4v) is 3.49. The van der Waals surface area contributed by atoms with E-state index in [1.807, 2.05) is 48.5 Å². The molecule has 0 spiro atoms. The molecule has 0 heterocycles. The van der Waals surface area contributed by atoms with E-state index >= 15 is 0 Å². The zero-order chi connectivity index (χ0) is 18.1. The number of nitrogens with one attached hydrogen (secondary N) is 1. The van der Waals surface area contributed by atoms with Crippen LogP contribution in [0.15, 0.2) is 48.5 Å². The fraction of sp³-hybridized carbons (Fsp3) is 0.350. The standard InChI is InChI=1S/C20H24ClNO2S/c1-3-16-8-5-7-11-19(16)24-15(2)20(23)22-12-13-25-14-17-9-4-6-10-18(17)21/h4-11,15H,3,12-14H2,1-2H3,(H,22,23)/t15-/m0/s1. The Morgan fingerprint density at radius 3 is 2.56 bits per heavy atom. The SMILES string of the molecule is CCc1ccccc1O[C@@H](C)C(=O)NCCSCc1ccccc1Cl. The first-order chi connectivity index (χ1) is 12.1. The van der Waals surface area contributed by atoms with Crippen molar-refractivity contribution in [3.8, 4) is 5.75 Å². The maximum atomic E-state index is 12.2. The molecule has 1 atom stereocenters. The molecule has 1 N–H and O–H groups in total. The summed E-state index contributed by atoms with van der Waals surface area (Å²) in [6.07, 6.45) is 0.365. The van der Waals surface area contributed by atoms with Gasteiger partial charge in [0.1, 0.15) is 5.75 Å². The molecular formula is C20H24ClNO2S. The van der Waals surface area contributed by atoms with Crippen LogP contribution in [0.4, 0.5) is 0 Å². The predicted molar refractivity (Wildman–Crippen MR) is 107 cm³/mol. The third kappa shape index (κ3) is 6.29. The van der Waals surface area contributed by atoms with Crippen LogP contribution in [-0.4, -0.2) is 24.3 Å². The number of carbonyl (C=O) groups excluding carboxylic acids is 1. The average molecular weight is 378 g/mol. The van der Waals surface area contributed by atoms with Crippen LogP contribution in [0, 0.1) is 0 Å². The zero-order valence-corrected chi connectivity index (χ0v) is 16.2. The summed E-state index contributed by atoms with van der Waals surface area (Å²) in [5, 5.41) is 3.71. The second-order valence-electron chi connectivity index (χ2n) is 5.66. The van der Waals surface area contributed by atoms with Crippen LogP contribution in [0.3, 0.4) is 0 Å². The van der Waals surface area contributed by atoms with Gasteiger partial charge in [-0.3, -0.25) is 4.79 Å². The van der Waals surface area contributed by atoms with Crippen LogP contribution >= 0.6 is 23.4 Å². The quantitative estimate of drug-likeness (QED) is 0.642. The molecule has 0 aliphatic rings. The molecule has 134 valence electrons. The van der Waals surface area contributed by atoms with Gasteiger partial charge in [-0.1, -0.05) is 54.9 Å². The van der Waals surface area contributed by atoms with E-state index in [0.29, 0.717) is 6.54 Å². The Labute approximate surface area is 159 Å². The molecule has 5 heteroatoms. The number of benzene rings is 2. The van der Waals surface area contributed by atoms with E-state index in [1.54, 1.807) is 18.7 Å². The van der Waals surface area contributed by atoms with Gasteiger partial charge in [0, 0.05) is 23.1 Å². The Balaban J connectivity index is 1.70. The number of rotatable bonds is 9. The number of hydrogen-bond donors (Lipinski definition) is 1. The van der Waals surface area contributed by atoms with Crippen LogP contribution < -0.4 is 10.1 Å². The molecule has 1 amide bonds. The number of para-hydroxylation sites is 1. The van der Waals surface area contributed by atoms with Gasteiger partial charge in [0.15, 0.2) is 6.10 Å². The van der Waals surface area contributed by atoms with Crippen LogP contribution in [0.2, 0.25) is 5.02 Å². The minimum atomic E-state index is -0.513. The Morgan fingerprint density at radius 2 is 1.84 bits per heavy atom. The number of aryl methyl sites for hydroxylation is 1. The molecule has 0 saturated carbocycles. The summed E-state index contributed by atoms with van der Waals surface area (Å²) < 4.78 is 5.80. The van der Waals surface area contributed by atoms with Crippen molar-refractivity contribution in [1.82, 2.24) is 5.32 Å². The number of ether oxygens (including phenoxy) is 1. The van der Waals surface area contributed by atoms with Crippen molar-refractivity contribution in [2.24, 2.45) is 0 Å². The number of thioether (sulfide) groups is 1. The number of hydrogen-bond acceptors (Lipinski definition) is 3. The lowest BCUT2D eigenvalue weighted by Gasteiger charge is -2.16. The average Bonchev–Trinajstić information content (AvgIpc) is 2.63. The van der Waals surface area contributed by atoms with Gasteiger partial charge in [-0.05, 0) is 36.6 Å². The van der Waals surface area contributed by atoms with Gasteiger partial charge in [0.05, 0.1) is 0 Å². The molecule has 0 unspecified atom stereocenters. The zero-order valence-electron chi connectivity index (χ0n) is 14.6. The van der Waals surface area contributed by atoms with E-state index in [1.165, 1.54) is 0 Å². The molecule has 0 bridgehead atoms. The summed E-state index contributed by atoms with van der Waals surface area (Å²) in [4.78, 5) is 12.2. The number of halogens is 1. The fourth-order valence-electron chi connectivity index (χ4n) is 2.34. The molecular weight excluding hydrogens is 354 g/mol. The Bertz CT molecular complexity index is 693. The lowest BCUT2D eigenvalue weighted by atomic mass is 10.1. The minimum Gasteiger partial charge on any atom is -0.481 e. The summed E-state index contributed by atoms with van der Waals surface area (Å²) in [7, 11) is 0. The highest BCUT2D eigenvalue weighted by molar-refractivity contribution is 7.98. The Kier molecular flexibility index (Phi) is 8.16. The molecule has 3 nitrogen and oxygen atoms in total. The van der Waals surface area contributed by atoms with Gasteiger partial charge in [0.2, 0.25) is 0 Å². The van der Waals surface area contributed by atoms with Crippen LogP contribution in [-0.2, 0) is 17.0 Å². The molecule has 0 aromatic heterocycles. The maximum absolute atomic E-state index is 12.2. The van der Waals surface area contributed by atoms with Crippen molar-refractivity contribution in [1.29, 1.82) is 0 Å². The third-order valence-electron chi connectivity index (χ3n) is 3.79. The highest BCUT2D eigenvalue weighted by Gasteiger charge is 2.15.